The molecule has 0 unspecified atom stereocenters. The third-order valence-electron chi connectivity index (χ3n) is 2.60. The van der Waals surface area contributed by atoms with Crippen molar-refractivity contribution in [1.29, 1.82) is 0 Å². The minimum absolute atomic E-state index is 0.0524. The molecule has 0 saturated heterocycles. The molecule has 1 heterocycles. The number of hydrogen-bond donors (Lipinski definition) is 1. The molecule has 0 spiro atoms. The number of nitrogens with one attached hydrogen (secondary N) is 1. The van der Waals surface area contributed by atoms with Crippen LogP contribution >= 0.6 is 27.5 Å². The minimum Gasteiger partial charge on any atom is -0.435 e. The van der Waals surface area contributed by atoms with E-state index in [1.165, 1.54) is 6.20 Å². The van der Waals surface area contributed by atoms with Crippen LogP contribution in [0.4, 0.5) is 4.39 Å². The van der Waals surface area contributed by atoms with E-state index in [4.69, 9.17) is 16.3 Å². The Kier molecular flexibility index (Phi) is 5.34. The van der Waals surface area contributed by atoms with Crippen LogP contribution in [0, 0.1) is 5.82 Å². The van der Waals surface area contributed by atoms with Crippen LogP contribution in [0.2, 0.25) is 5.02 Å². The molecule has 3 nitrogen and oxygen atoms in total. The van der Waals surface area contributed by atoms with Crippen molar-refractivity contribution in [2.24, 2.45) is 0 Å². The van der Waals surface area contributed by atoms with Crippen molar-refractivity contribution in [3.05, 3.63) is 51.3 Å². The third-order valence-corrected chi connectivity index (χ3v) is 3.46. The van der Waals surface area contributed by atoms with Crippen molar-refractivity contribution in [2.75, 3.05) is 6.54 Å². The van der Waals surface area contributed by atoms with Crippen LogP contribution in [0.15, 0.2) is 34.9 Å². The summed E-state index contributed by atoms with van der Waals surface area (Å²) in [5.41, 5.74) is 0.516. The second-order valence-corrected chi connectivity index (χ2v) is 5.34. The Bertz CT molecular complexity index is 610. The standard InChI is InChI=1S/C14H13BrClFN2O/c1-2-18-8-9-5-6-19-14(13(9)17)20-12-4-3-10(16)7-11(12)15/h3-7,18H,2,8H2,1H3. The minimum atomic E-state index is -0.463. The number of pyridine rings is 1. The van der Waals surface area contributed by atoms with Crippen LogP contribution in [0.25, 0.3) is 0 Å². The first-order valence-electron chi connectivity index (χ1n) is 6.08. The zero-order valence-corrected chi connectivity index (χ0v) is 13.1. The molecule has 6 heteroatoms. The van der Waals surface area contributed by atoms with Gasteiger partial charge in [-0.1, -0.05) is 18.5 Å². The largest absolute Gasteiger partial charge is 0.435 e. The molecule has 0 aliphatic rings. The molecule has 20 heavy (non-hydrogen) atoms. The monoisotopic (exact) mass is 358 g/mol. The quantitative estimate of drug-likeness (QED) is 0.851. The molecule has 0 radical (unpaired) electrons. The Morgan fingerprint density at radius 2 is 2.20 bits per heavy atom. The van der Waals surface area contributed by atoms with E-state index in [1.54, 1.807) is 24.3 Å². The van der Waals surface area contributed by atoms with Crippen molar-refractivity contribution in [3.8, 4) is 11.6 Å². The fraction of sp³-hybridized carbons (Fsp3) is 0.214. The molecule has 1 aromatic heterocycles. The lowest BCUT2D eigenvalue weighted by molar-refractivity contribution is 0.415. The predicted molar refractivity (Wildman–Crippen MR) is 80.8 cm³/mol. The first-order chi connectivity index (χ1) is 9.61. The molecule has 0 aliphatic heterocycles. The highest BCUT2D eigenvalue weighted by Gasteiger charge is 2.13. The molecule has 0 saturated carbocycles. The number of rotatable bonds is 5. The van der Waals surface area contributed by atoms with Gasteiger partial charge in [-0.15, -0.1) is 0 Å². The van der Waals surface area contributed by atoms with Gasteiger partial charge in [-0.3, -0.25) is 0 Å². The molecule has 0 fully saturated rings. The van der Waals surface area contributed by atoms with E-state index < -0.39 is 5.82 Å². The highest BCUT2D eigenvalue weighted by molar-refractivity contribution is 9.10. The SMILES string of the molecule is CCNCc1ccnc(Oc2ccc(Cl)cc2Br)c1F. The van der Waals surface area contributed by atoms with E-state index in [1.807, 2.05) is 6.92 Å². The molecule has 1 N–H and O–H groups in total. The lowest BCUT2D eigenvalue weighted by atomic mass is 10.2. The van der Waals surface area contributed by atoms with Crippen molar-refractivity contribution >= 4 is 27.5 Å². The smallest absolute Gasteiger partial charge is 0.256 e. The number of aromatic nitrogens is 1. The molecule has 0 atom stereocenters. The van der Waals surface area contributed by atoms with Crippen molar-refractivity contribution < 1.29 is 9.13 Å². The fourth-order valence-corrected chi connectivity index (χ4v) is 2.36. The van der Waals surface area contributed by atoms with Gasteiger partial charge in [-0.05, 0) is 46.7 Å². The molecule has 0 aliphatic carbocycles. The van der Waals surface area contributed by atoms with Gasteiger partial charge < -0.3 is 10.1 Å². The maximum absolute atomic E-state index is 14.2. The Hall–Kier alpha value is -1.17. The average molecular weight is 360 g/mol. The maximum atomic E-state index is 14.2. The molecule has 2 aromatic rings. The second kappa shape index (κ2) is 7.02. The van der Waals surface area contributed by atoms with E-state index in [0.29, 0.717) is 27.4 Å². The first-order valence-corrected chi connectivity index (χ1v) is 7.26. The van der Waals surface area contributed by atoms with Crippen molar-refractivity contribution in [1.82, 2.24) is 10.3 Å². The summed E-state index contributed by atoms with van der Waals surface area (Å²) in [4.78, 5) is 3.93. The van der Waals surface area contributed by atoms with Gasteiger partial charge in [0.2, 0.25) is 0 Å². The highest BCUT2D eigenvalue weighted by Crippen LogP contribution is 2.32. The first kappa shape index (κ1) is 15.2. The molecular weight excluding hydrogens is 347 g/mol. The second-order valence-electron chi connectivity index (χ2n) is 4.05. The van der Waals surface area contributed by atoms with Crippen molar-refractivity contribution in [2.45, 2.75) is 13.5 Å². The molecular formula is C14H13BrClFN2O. The summed E-state index contributed by atoms with van der Waals surface area (Å²) in [7, 11) is 0. The van der Waals surface area contributed by atoms with Gasteiger partial charge in [-0.2, -0.15) is 0 Å². The number of halogens is 3. The van der Waals surface area contributed by atoms with Gasteiger partial charge >= 0.3 is 0 Å². The van der Waals surface area contributed by atoms with Gasteiger partial charge in [0.1, 0.15) is 5.75 Å². The van der Waals surface area contributed by atoms with Gasteiger partial charge in [0.05, 0.1) is 4.47 Å². The molecule has 0 amide bonds. The van der Waals surface area contributed by atoms with Gasteiger partial charge in [0, 0.05) is 23.3 Å². The maximum Gasteiger partial charge on any atom is 0.256 e. The summed E-state index contributed by atoms with van der Waals surface area (Å²) >= 11 is 9.17. The average Bonchev–Trinajstić information content (AvgIpc) is 2.42. The number of ether oxygens (including phenoxy) is 1. The molecule has 1 aromatic carbocycles. The van der Waals surface area contributed by atoms with E-state index in [2.05, 4.69) is 26.2 Å². The van der Waals surface area contributed by atoms with E-state index in [-0.39, 0.29) is 5.88 Å². The summed E-state index contributed by atoms with van der Waals surface area (Å²) in [5, 5.41) is 3.63. The molecule has 2 rings (SSSR count). The zero-order valence-electron chi connectivity index (χ0n) is 10.8. The normalized spacial score (nSPS) is 10.6. The van der Waals surface area contributed by atoms with E-state index >= 15 is 0 Å². The van der Waals surface area contributed by atoms with E-state index in [0.717, 1.165) is 6.54 Å². The summed E-state index contributed by atoms with van der Waals surface area (Å²) in [5.74, 6) is -0.0554. The Balaban J connectivity index is 2.24. The topological polar surface area (TPSA) is 34.2 Å². The van der Waals surface area contributed by atoms with Crippen molar-refractivity contribution in [3.63, 3.8) is 0 Å². The van der Waals surface area contributed by atoms with Gasteiger partial charge in [0.15, 0.2) is 5.82 Å². The highest BCUT2D eigenvalue weighted by atomic mass is 79.9. The van der Waals surface area contributed by atoms with E-state index in [9.17, 15) is 4.39 Å². The Morgan fingerprint density at radius 1 is 1.40 bits per heavy atom. The molecule has 106 valence electrons. The third kappa shape index (κ3) is 3.69. The van der Waals surface area contributed by atoms with Crippen LogP contribution < -0.4 is 10.1 Å². The van der Waals surface area contributed by atoms with Crippen LogP contribution in [0.5, 0.6) is 11.6 Å². The summed E-state index contributed by atoms with van der Waals surface area (Å²) < 4.78 is 20.4. The Labute approximate surface area is 130 Å². The van der Waals surface area contributed by atoms with Crippen LogP contribution in [-0.4, -0.2) is 11.5 Å². The summed E-state index contributed by atoms with van der Waals surface area (Å²) in [6, 6.07) is 6.63. The fourth-order valence-electron chi connectivity index (χ4n) is 1.59. The molecule has 0 bridgehead atoms. The van der Waals surface area contributed by atoms with Crippen LogP contribution in [-0.2, 0) is 6.54 Å². The number of hydrogen-bond acceptors (Lipinski definition) is 3. The van der Waals surface area contributed by atoms with Crippen LogP contribution in [0.3, 0.4) is 0 Å². The van der Waals surface area contributed by atoms with Crippen LogP contribution in [0.1, 0.15) is 12.5 Å². The lowest BCUT2D eigenvalue weighted by Crippen LogP contribution is -2.13. The number of nitrogens with zero attached hydrogens (tertiary/aromatic N) is 1. The number of benzene rings is 1. The summed E-state index contributed by atoms with van der Waals surface area (Å²) in [6.45, 7) is 3.16. The predicted octanol–water partition coefficient (Wildman–Crippen LogP) is 4.54. The lowest BCUT2D eigenvalue weighted by Gasteiger charge is -2.10. The Morgan fingerprint density at radius 3 is 2.90 bits per heavy atom. The summed E-state index contributed by atoms with van der Waals surface area (Å²) in [6.07, 6.45) is 1.52. The van der Waals surface area contributed by atoms with Gasteiger partial charge in [0.25, 0.3) is 5.88 Å². The zero-order chi connectivity index (χ0) is 14.5. The van der Waals surface area contributed by atoms with Gasteiger partial charge in [-0.25, -0.2) is 9.37 Å².